The second-order valence-electron chi connectivity index (χ2n) is 9.63. The molecule has 2 heterocycles. The number of hydrogen-bond donors (Lipinski definition) is 2. The molecular weight excluding hydrogens is 577 g/mol. The van der Waals surface area contributed by atoms with Crippen LogP contribution in [0.15, 0.2) is 116 Å². The number of halogens is 2. The zero-order valence-electron chi connectivity index (χ0n) is 22.5. The van der Waals surface area contributed by atoms with E-state index in [0.29, 0.717) is 5.76 Å². The van der Waals surface area contributed by atoms with Crippen molar-refractivity contribution in [3.05, 3.63) is 123 Å². The summed E-state index contributed by atoms with van der Waals surface area (Å²) in [4.78, 5) is 16.8. The van der Waals surface area contributed by atoms with Crippen LogP contribution in [0, 0.1) is 0 Å². The van der Waals surface area contributed by atoms with Crippen LogP contribution in [0.4, 0.5) is 0 Å². The zero-order valence-corrected chi connectivity index (χ0v) is 24.9. The fourth-order valence-electron chi connectivity index (χ4n) is 4.53. The Kier molecular flexibility index (Phi) is 9.84. The van der Waals surface area contributed by atoms with Crippen molar-refractivity contribution in [2.75, 3.05) is 20.6 Å². The number of fused-ring (bicyclic) bond motifs is 3. The molecule has 0 atom stereocenters. The predicted octanol–water partition coefficient (Wildman–Crippen LogP) is 8.48. The summed E-state index contributed by atoms with van der Waals surface area (Å²) in [5, 5.41) is 20.0. The van der Waals surface area contributed by atoms with Gasteiger partial charge in [-0.15, -0.1) is 12.4 Å². The van der Waals surface area contributed by atoms with Crippen molar-refractivity contribution in [3.63, 3.8) is 0 Å². The Balaban J connectivity index is 0.000000185. The molecule has 4 aromatic carbocycles. The molecule has 2 N–H and O–H groups in total. The summed E-state index contributed by atoms with van der Waals surface area (Å²) in [6.07, 6.45) is 3.38. The smallest absolute Gasteiger partial charge is 0.197 e. The van der Waals surface area contributed by atoms with Crippen molar-refractivity contribution in [2.24, 2.45) is 0 Å². The van der Waals surface area contributed by atoms with Crippen molar-refractivity contribution >= 4 is 52.3 Å². The minimum atomic E-state index is -0.349. The lowest BCUT2D eigenvalue weighted by molar-refractivity contribution is 0.417. The van der Waals surface area contributed by atoms with Gasteiger partial charge in [0, 0.05) is 45.1 Å². The lowest BCUT2D eigenvalue weighted by Crippen LogP contribution is -2.12. The quantitative estimate of drug-likeness (QED) is 0.210. The van der Waals surface area contributed by atoms with Gasteiger partial charge in [0.15, 0.2) is 5.43 Å². The van der Waals surface area contributed by atoms with Gasteiger partial charge in [0.05, 0.1) is 0 Å². The number of aromatic hydroxyl groups is 2. The van der Waals surface area contributed by atoms with Crippen LogP contribution in [0.3, 0.4) is 0 Å². The van der Waals surface area contributed by atoms with Gasteiger partial charge in [-0.1, -0.05) is 78.0 Å². The fourth-order valence-corrected chi connectivity index (χ4v) is 5.79. The van der Waals surface area contributed by atoms with Crippen LogP contribution in [0.5, 0.6) is 11.5 Å². The van der Waals surface area contributed by atoms with E-state index in [4.69, 9.17) is 16.0 Å². The Morgan fingerprint density at radius 2 is 1.59 bits per heavy atom. The maximum Gasteiger partial charge on any atom is 0.197 e. The van der Waals surface area contributed by atoms with E-state index in [9.17, 15) is 15.0 Å². The van der Waals surface area contributed by atoms with Crippen LogP contribution in [0.1, 0.15) is 17.5 Å². The summed E-state index contributed by atoms with van der Waals surface area (Å²) in [6.45, 7) is 1.05. The third-order valence-corrected chi connectivity index (χ3v) is 7.79. The number of benzene rings is 4. The Labute approximate surface area is 254 Å². The normalized spacial score (nSPS) is 12.7. The van der Waals surface area contributed by atoms with Gasteiger partial charge in [0.2, 0.25) is 0 Å². The predicted molar refractivity (Wildman–Crippen MR) is 171 cm³/mol. The lowest BCUT2D eigenvalue weighted by Gasteiger charge is -2.22. The molecule has 1 aromatic heterocycles. The third-order valence-electron chi connectivity index (χ3n) is 6.41. The summed E-state index contributed by atoms with van der Waals surface area (Å²) >= 11 is 8.03. The average Bonchev–Trinajstić information content (AvgIpc) is 2.93. The van der Waals surface area contributed by atoms with E-state index in [1.54, 1.807) is 0 Å². The molecule has 6 rings (SSSR count). The maximum atomic E-state index is 12.0. The van der Waals surface area contributed by atoms with Crippen molar-refractivity contribution in [3.8, 4) is 22.8 Å². The molecular formula is C33H29Cl2NO4S. The molecule has 0 bridgehead atoms. The highest BCUT2D eigenvalue weighted by molar-refractivity contribution is 7.99. The number of rotatable bonds is 4. The van der Waals surface area contributed by atoms with Crippen LogP contribution in [0.25, 0.3) is 27.9 Å². The highest BCUT2D eigenvalue weighted by Gasteiger charge is 2.20. The molecule has 0 aliphatic carbocycles. The highest BCUT2D eigenvalue weighted by Crippen LogP contribution is 2.46. The van der Waals surface area contributed by atoms with Crippen molar-refractivity contribution in [2.45, 2.75) is 16.2 Å². The van der Waals surface area contributed by atoms with E-state index >= 15 is 0 Å². The van der Waals surface area contributed by atoms with Gasteiger partial charge in [-0.2, -0.15) is 0 Å². The van der Waals surface area contributed by atoms with Gasteiger partial charge < -0.3 is 19.5 Å². The molecule has 0 saturated carbocycles. The number of phenolic OH excluding ortho intramolecular Hbond substituents is 2. The van der Waals surface area contributed by atoms with Gasteiger partial charge in [0.25, 0.3) is 0 Å². The lowest BCUT2D eigenvalue weighted by atomic mass is 9.96. The molecule has 210 valence electrons. The topological polar surface area (TPSA) is 73.9 Å². The van der Waals surface area contributed by atoms with Gasteiger partial charge in [-0.3, -0.25) is 4.79 Å². The van der Waals surface area contributed by atoms with E-state index in [1.165, 1.54) is 38.6 Å². The molecule has 5 nitrogen and oxygen atoms in total. The van der Waals surface area contributed by atoms with E-state index < -0.39 is 0 Å². The minimum absolute atomic E-state index is 0. The van der Waals surface area contributed by atoms with Crippen LogP contribution >= 0.6 is 35.8 Å². The number of nitrogens with zero attached hydrogens (tertiary/aromatic N) is 1. The molecule has 1 aliphatic heterocycles. The fraction of sp³-hybridized carbons (Fsp3) is 0.121. The monoisotopic (exact) mass is 605 g/mol. The van der Waals surface area contributed by atoms with E-state index in [-0.39, 0.29) is 40.3 Å². The summed E-state index contributed by atoms with van der Waals surface area (Å²) in [5.74, 6) is -0.0511. The van der Waals surface area contributed by atoms with Crippen molar-refractivity contribution in [1.29, 1.82) is 0 Å². The zero-order chi connectivity index (χ0) is 28.2. The van der Waals surface area contributed by atoms with Crippen LogP contribution in [0.2, 0.25) is 5.02 Å². The van der Waals surface area contributed by atoms with Crippen molar-refractivity contribution in [1.82, 2.24) is 4.90 Å². The molecule has 0 radical (unpaired) electrons. The molecule has 5 aromatic rings. The summed E-state index contributed by atoms with van der Waals surface area (Å²) in [5.41, 5.74) is 4.44. The first-order valence-corrected chi connectivity index (χ1v) is 14.0. The molecule has 0 unspecified atom stereocenters. The summed E-state index contributed by atoms with van der Waals surface area (Å²) < 4.78 is 5.57. The standard InChI is InChI=1S/C18H18ClNS.C15H10O4.ClH/c1-20(2)11-5-7-14-15-6-3-4-8-17(15)21-18-10-9-13(19)12-16(14)18;16-10-6-11(17)15-12(18)8-13(19-14(15)7-10)9-4-2-1-3-5-9;/h3-4,6-10,12H,5,11H2,1-2H3;1-8,16-17H;1H. The Morgan fingerprint density at radius 1 is 0.878 bits per heavy atom. The summed E-state index contributed by atoms with van der Waals surface area (Å²) in [7, 11) is 4.21. The van der Waals surface area contributed by atoms with Crippen LogP contribution in [-0.2, 0) is 0 Å². The Morgan fingerprint density at radius 3 is 2.34 bits per heavy atom. The van der Waals surface area contributed by atoms with Crippen LogP contribution in [-0.4, -0.2) is 35.8 Å². The third kappa shape index (κ3) is 6.97. The second kappa shape index (κ2) is 13.3. The molecule has 0 saturated heterocycles. The second-order valence-corrected chi connectivity index (χ2v) is 11.1. The largest absolute Gasteiger partial charge is 0.508 e. The first-order valence-electron chi connectivity index (χ1n) is 12.8. The van der Waals surface area contributed by atoms with Crippen LogP contribution < -0.4 is 5.43 Å². The first kappa shape index (κ1) is 30.3. The SMILES string of the molecule is CN(C)CCC=C1c2ccccc2Sc2ccc(Cl)cc21.Cl.O=c1cc(-c2ccccc2)oc2cc(O)cc(O)c12. The molecule has 0 fully saturated rings. The number of hydrogen-bond acceptors (Lipinski definition) is 6. The first-order chi connectivity index (χ1) is 19.3. The Hall–Kier alpha value is -3.68. The molecule has 1 aliphatic rings. The van der Waals surface area contributed by atoms with Gasteiger partial charge in [0.1, 0.15) is 28.2 Å². The van der Waals surface area contributed by atoms with Gasteiger partial charge in [-0.25, -0.2) is 0 Å². The summed E-state index contributed by atoms with van der Waals surface area (Å²) in [6, 6.07) is 27.7. The average molecular weight is 607 g/mol. The number of phenols is 2. The van der Waals surface area contributed by atoms with Gasteiger partial charge >= 0.3 is 0 Å². The minimum Gasteiger partial charge on any atom is -0.508 e. The van der Waals surface area contributed by atoms with E-state index in [0.717, 1.165) is 29.6 Å². The molecule has 41 heavy (non-hydrogen) atoms. The molecule has 0 amide bonds. The highest BCUT2D eigenvalue weighted by atomic mass is 35.5. The Bertz CT molecular complexity index is 1770. The van der Waals surface area contributed by atoms with Crippen molar-refractivity contribution < 1.29 is 14.6 Å². The molecule has 8 heteroatoms. The van der Waals surface area contributed by atoms with E-state index in [2.05, 4.69) is 61.5 Å². The maximum absolute atomic E-state index is 12.0. The molecule has 0 spiro atoms. The van der Waals surface area contributed by atoms with Gasteiger partial charge in [-0.05, 0) is 61.5 Å². The van der Waals surface area contributed by atoms with E-state index in [1.807, 2.05) is 48.2 Å².